The van der Waals surface area contributed by atoms with Gasteiger partial charge in [0.2, 0.25) is 11.6 Å². The number of rotatable bonds is 1. The van der Waals surface area contributed by atoms with Gasteiger partial charge in [-0.3, -0.25) is 9.97 Å². The average molecular weight is 895 g/mol. The standard InChI is InChI=1S/C53H70N2O10/c1-24-30-15-38(57)44-29-12-10-27-14-35-36(19-48(27,6)31(29)16-39(45(30)44)62-52(24)41(59)21-46(3,4)64-52)54-34-13-26-9-11-28-32(49(26,7)20-37(34)55-35)17-40(58)50(8)33(28)18-43-51(50,61)25(2)53(63-43)42(60)22-47(5,23-56)65-53/h16,18,24-28,30,32,38,40-43,56-61H,9-15,17,19-23H2,1-8H3/t24-,25-,26?,27?,28?,30+,32?,38?,40+,41?,42+,43-,47-,48-,49-,50+,51+,52?,53-/m1/s1. The molecule has 3 saturated heterocycles. The van der Waals surface area contributed by atoms with Crippen LogP contribution in [0.2, 0.25) is 0 Å². The largest absolute Gasteiger partial charge is 0.459 e. The van der Waals surface area contributed by atoms with Crippen LogP contribution in [0.15, 0.2) is 17.7 Å². The van der Waals surface area contributed by atoms with Crippen LogP contribution in [-0.4, -0.2) is 100 Å². The molecule has 4 aliphatic heterocycles. The van der Waals surface area contributed by atoms with E-state index < -0.39 is 70.2 Å². The van der Waals surface area contributed by atoms with Crippen LogP contribution in [0, 0.1) is 46.3 Å². The number of fused-ring (bicyclic) bond motifs is 13. The van der Waals surface area contributed by atoms with E-state index in [1.165, 1.54) is 11.1 Å². The summed E-state index contributed by atoms with van der Waals surface area (Å²) in [6.07, 6.45) is 7.12. The van der Waals surface area contributed by atoms with E-state index in [4.69, 9.17) is 28.9 Å². The third-order valence-corrected chi connectivity index (χ3v) is 21.4. The van der Waals surface area contributed by atoms with E-state index in [-0.39, 0.29) is 47.5 Å². The van der Waals surface area contributed by atoms with Crippen LogP contribution in [0.1, 0.15) is 157 Å². The van der Waals surface area contributed by atoms with Gasteiger partial charge in [0, 0.05) is 47.5 Å². The minimum Gasteiger partial charge on any atom is -0.459 e. The molecule has 65 heavy (non-hydrogen) atoms. The fourth-order valence-corrected chi connectivity index (χ4v) is 17.8. The molecule has 2 saturated carbocycles. The second kappa shape index (κ2) is 12.8. The van der Waals surface area contributed by atoms with Crippen molar-refractivity contribution in [3.63, 3.8) is 0 Å². The first-order valence-corrected chi connectivity index (χ1v) is 25.2. The summed E-state index contributed by atoms with van der Waals surface area (Å²) in [4.78, 5) is 11.1. The Balaban J connectivity index is 0.811. The Morgan fingerprint density at radius 2 is 1.46 bits per heavy atom. The lowest BCUT2D eigenvalue weighted by Crippen LogP contribution is -2.64. The Morgan fingerprint density at radius 1 is 0.754 bits per heavy atom. The van der Waals surface area contributed by atoms with E-state index in [9.17, 15) is 30.6 Å². The molecule has 0 radical (unpaired) electrons. The number of hydrogen-bond donors (Lipinski definition) is 6. The van der Waals surface area contributed by atoms with Gasteiger partial charge in [0.1, 0.15) is 29.7 Å². The third kappa shape index (κ3) is 4.96. The predicted octanol–water partition coefficient (Wildman–Crippen LogP) is 5.35. The molecule has 2 spiro atoms. The zero-order valence-corrected chi connectivity index (χ0v) is 39.5. The van der Waals surface area contributed by atoms with Gasteiger partial charge < -0.3 is 49.6 Å². The lowest BCUT2D eigenvalue weighted by Gasteiger charge is -2.61. The summed E-state index contributed by atoms with van der Waals surface area (Å²) >= 11 is 0. The first-order valence-electron chi connectivity index (χ1n) is 25.2. The lowest BCUT2D eigenvalue weighted by molar-refractivity contribution is -0.280. The van der Waals surface area contributed by atoms with Gasteiger partial charge in [-0.05, 0) is 136 Å². The van der Waals surface area contributed by atoms with Crippen molar-refractivity contribution in [3.8, 4) is 5.75 Å². The SMILES string of the molecule is C[C@@H]1[C@@H]2CC(O)c3c4c(cc(c32)OC12OC(C)(C)CC2O)[C@]1(C)Cc2nc3c(nc2CC1CC4)C[C@]1(C)C(CCC2C4=C[C@H]5O[C@@]6(O[C@@](C)(CO)C[C@@H]6O)[C@H](C)[C@@]5(O)[C@]4(C)[C@@H](O)CC21)C3. The van der Waals surface area contributed by atoms with E-state index in [1.54, 1.807) is 6.92 Å². The molecule has 1 aromatic heterocycles. The number of nitrogens with zero attached hydrogens (tertiary/aromatic N) is 2. The molecule has 7 unspecified atom stereocenters. The highest BCUT2D eigenvalue weighted by Crippen LogP contribution is 2.71. The fourth-order valence-electron chi connectivity index (χ4n) is 17.8. The number of aliphatic hydroxyl groups excluding tert-OH is 5. The molecule has 5 fully saturated rings. The average Bonchev–Trinajstić information content (AvgIpc) is 3.94. The van der Waals surface area contributed by atoms with Crippen LogP contribution < -0.4 is 4.74 Å². The number of aliphatic hydroxyl groups is 6. The minimum absolute atomic E-state index is 0.0487. The number of hydrogen-bond acceptors (Lipinski definition) is 12. The Kier molecular flexibility index (Phi) is 8.39. The van der Waals surface area contributed by atoms with Gasteiger partial charge in [0.05, 0.1) is 52.8 Å². The predicted molar refractivity (Wildman–Crippen MR) is 237 cm³/mol. The van der Waals surface area contributed by atoms with Crippen molar-refractivity contribution in [2.24, 2.45) is 46.3 Å². The highest BCUT2D eigenvalue weighted by Gasteiger charge is 2.79. The highest BCUT2D eigenvalue weighted by atomic mass is 16.7. The molecule has 6 N–H and O–H groups in total. The molecule has 2 aromatic rings. The van der Waals surface area contributed by atoms with Crippen molar-refractivity contribution in [1.29, 1.82) is 0 Å². The molecular formula is C53H70N2O10. The van der Waals surface area contributed by atoms with Gasteiger partial charge in [-0.2, -0.15) is 0 Å². The van der Waals surface area contributed by atoms with E-state index in [0.29, 0.717) is 31.1 Å². The smallest absolute Gasteiger partial charge is 0.240 e. The third-order valence-electron chi connectivity index (χ3n) is 21.4. The molecule has 1 aromatic carbocycles. The molecule has 352 valence electrons. The van der Waals surface area contributed by atoms with Crippen molar-refractivity contribution >= 4 is 0 Å². The van der Waals surface area contributed by atoms with Gasteiger partial charge in [-0.1, -0.05) is 46.3 Å². The monoisotopic (exact) mass is 895 g/mol. The molecule has 12 nitrogen and oxygen atoms in total. The van der Waals surface area contributed by atoms with E-state index in [2.05, 4.69) is 32.9 Å². The van der Waals surface area contributed by atoms with E-state index >= 15 is 0 Å². The first-order chi connectivity index (χ1) is 30.6. The Bertz CT molecular complexity index is 2480. The van der Waals surface area contributed by atoms with Crippen molar-refractivity contribution in [2.75, 3.05) is 6.61 Å². The van der Waals surface area contributed by atoms with Crippen LogP contribution in [0.3, 0.4) is 0 Å². The second-order valence-electron chi connectivity index (χ2n) is 25.0. The topological polar surface area (TPSA) is 184 Å². The zero-order valence-electron chi connectivity index (χ0n) is 39.5. The van der Waals surface area contributed by atoms with Gasteiger partial charge in [0.25, 0.3) is 0 Å². The molecule has 13 rings (SSSR count). The van der Waals surface area contributed by atoms with Crippen LogP contribution in [-0.2, 0) is 51.7 Å². The Morgan fingerprint density at radius 3 is 2.15 bits per heavy atom. The van der Waals surface area contributed by atoms with Gasteiger partial charge >= 0.3 is 0 Å². The molecular weight excluding hydrogens is 825 g/mol. The highest BCUT2D eigenvalue weighted by molar-refractivity contribution is 5.60. The van der Waals surface area contributed by atoms with Crippen LogP contribution >= 0.6 is 0 Å². The maximum atomic E-state index is 12.9. The summed E-state index contributed by atoms with van der Waals surface area (Å²) in [5.41, 5.74) is 5.86. The molecule has 12 heteroatoms. The molecule has 11 aliphatic rings. The van der Waals surface area contributed by atoms with Crippen LogP contribution in [0.5, 0.6) is 5.75 Å². The van der Waals surface area contributed by atoms with Gasteiger partial charge in [0.15, 0.2) is 0 Å². The summed E-state index contributed by atoms with van der Waals surface area (Å²) < 4.78 is 26.6. The molecule has 0 bridgehead atoms. The van der Waals surface area contributed by atoms with Crippen molar-refractivity contribution in [2.45, 2.75) is 203 Å². The molecule has 7 aliphatic carbocycles. The van der Waals surface area contributed by atoms with Crippen molar-refractivity contribution in [3.05, 3.63) is 62.7 Å². The number of benzene rings is 1. The summed E-state index contributed by atoms with van der Waals surface area (Å²) in [6, 6.07) is 2.26. The maximum absolute atomic E-state index is 12.9. The number of aromatic nitrogens is 2. The minimum atomic E-state index is -1.50. The van der Waals surface area contributed by atoms with E-state index in [0.717, 1.165) is 96.6 Å². The van der Waals surface area contributed by atoms with Gasteiger partial charge in [-0.15, -0.1) is 0 Å². The first kappa shape index (κ1) is 42.6. The normalized spacial score (nSPS) is 52.4. The zero-order chi connectivity index (χ0) is 45.6. The Labute approximate surface area is 382 Å². The van der Waals surface area contributed by atoms with Crippen molar-refractivity contribution < 1.29 is 49.6 Å². The quantitative estimate of drug-likeness (QED) is 0.202. The van der Waals surface area contributed by atoms with Crippen LogP contribution in [0.25, 0.3) is 0 Å². The molecule has 5 heterocycles. The van der Waals surface area contributed by atoms with E-state index in [1.807, 2.05) is 27.7 Å². The summed E-state index contributed by atoms with van der Waals surface area (Å²) in [5, 5.41) is 70.3. The molecule has 19 atom stereocenters. The van der Waals surface area contributed by atoms with Gasteiger partial charge in [-0.25, -0.2) is 0 Å². The molecule has 0 amide bonds. The van der Waals surface area contributed by atoms with Crippen LogP contribution in [0.4, 0.5) is 0 Å². The number of ether oxygens (including phenoxy) is 4. The fraction of sp³-hybridized carbons (Fsp3) is 0.774. The summed E-state index contributed by atoms with van der Waals surface area (Å²) in [5.74, 6) is -1.52. The summed E-state index contributed by atoms with van der Waals surface area (Å²) in [7, 11) is 0. The second-order valence-corrected chi connectivity index (χ2v) is 25.0. The van der Waals surface area contributed by atoms with Crippen molar-refractivity contribution in [1.82, 2.24) is 9.97 Å². The lowest BCUT2D eigenvalue weighted by atomic mass is 9.44. The maximum Gasteiger partial charge on any atom is 0.240 e. The Hall–Kier alpha value is -2.52. The summed E-state index contributed by atoms with van der Waals surface area (Å²) in [6.45, 7) is 16.4.